The maximum Gasteiger partial charge on any atom is 0.253 e. The number of allylic oxidation sites excluding steroid dienone is 1. The van der Waals surface area contributed by atoms with Crippen molar-refractivity contribution in [2.24, 2.45) is 0 Å². The third kappa shape index (κ3) is 10.3. The van der Waals surface area contributed by atoms with Gasteiger partial charge in [0.15, 0.2) is 0 Å². The quantitative estimate of drug-likeness (QED) is 0.161. The van der Waals surface area contributed by atoms with Gasteiger partial charge >= 0.3 is 0 Å². The third-order valence-corrected chi connectivity index (χ3v) is 9.14. The van der Waals surface area contributed by atoms with E-state index < -0.39 is 29.7 Å². The van der Waals surface area contributed by atoms with Gasteiger partial charge in [0.05, 0.1) is 17.4 Å². The smallest absolute Gasteiger partial charge is 0.253 e. The van der Waals surface area contributed by atoms with Crippen LogP contribution in [0.4, 0.5) is 8.78 Å². The molecule has 3 N–H and O–H groups in total. The van der Waals surface area contributed by atoms with E-state index in [1.165, 1.54) is 23.9 Å². The van der Waals surface area contributed by atoms with Gasteiger partial charge in [-0.1, -0.05) is 38.1 Å². The molecule has 0 bridgehead atoms. The number of carbonyl (C=O) groups excluding carboxylic acids is 3. The molecule has 10 heteroatoms. The number of hydrogen-bond acceptors (Lipinski definition) is 6. The summed E-state index contributed by atoms with van der Waals surface area (Å²) in [5.41, 5.74) is 3.65. The Hall–Kier alpha value is -3.86. The number of aldehydes is 1. The van der Waals surface area contributed by atoms with Gasteiger partial charge in [-0.05, 0) is 91.3 Å². The molecule has 1 aliphatic heterocycles. The number of aliphatic hydroxyl groups excluding tert-OH is 1. The fraction of sp³-hybridized carbons (Fsp3) is 0.378. The highest BCUT2D eigenvalue weighted by Gasteiger charge is 2.25. The molecule has 0 spiro atoms. The zero-order chi connectivity index (χ0) is 33.9. The topological polar surface area (TPSA) is 98.7 Å². The average Bonchev–Trinajstić information content (AvgIpc) is 3.53. The molecule has 47 heavy (non-hydrogen) atoms. The van der Waals surface area contributed by atoms with E-state index in [-0.39, 0.29) is 35.2 Å². The summed E-state index contributed by atoms with van der Waals surface area (Å²) in [7, 11) is 0. The molecule has 0 saturated heterocycles. The molecule has 1 aliphatic rings. The molecule has 0 radical (unpaired) electrons. The minimum atomic E-state index is -1.12. The van der Waals surface area contributed by atoms with Crippen molar-refractivity contribution in [2.45, 2.75) is 70.4 Å². The molecule has 0 aromatic heterocycles. The van der Waals surface area contributed by atoms with Gasteiger partial charge in [0.25, 0.3) is 11.8 Å². The second-order valence-corrected chi connectivity index (χ2v) is 13.2. The molecule has 3 aromatic carbocycles. The van der Waals surface area contributed by atoms with Crippen LogP contribution in [-0.2, 0) is 17.8 Å². The second-order valence-electron chi connectivity index (χ2n) is 11.9. The lowest BCUT2D eigenvalue weighted by atomic mass is 9.99. The van der Waals surface area contributed by atoms with Gasteiger partial charge in [0, 0.05) is 48.3 Å². The van der Waals surface area contributed by atoms with Gasteiger partial charge in [-0.2, -0.15) is 0 Å². The van der Waals surface area contributed by atoms with Gasteiger partial charge in [0.2, 0.25) is 0 Å². The second kappa shape index (κ2) is 17.3. The highest BCUT2D eigenvalue weighted by Crippen LogP contribution is 2.38. The van der Waals surface area contributed by atoms with Gasteiger partial charge < -0.3 is 25.4 Å². The minimum Gasteiger partial charge on any atom is -0.390 e. The Morgan fingerprint density at radius 3 is 2.36 bits per heavy atom. The summed E-state index contributed by atoms with van der Waals surface area (Å²) in [6, 6.07) is 15.1. The number of rotatable bonds is 16. The van der Waals surface area contributed by atoms with Crippen LogP contribution in [0, 0.1) is 18.6 Å². The van der Waals surface area contributed by atoms with E-state index in [9.17, 15) is 28.3 Å². The standard InChI is InChI=1S/C37H43F2N3O4S/c1-4-11-42(12-5-2)37(46)29-14-24(3)13-28(19-29)36(45)41-33(18-26-16-30(38)20-31(39)17-26)34(44)22-40-21-25-7-6-8-27(15-25)35-10-9-32(23-43)47-35/h6-8,10,13-17,19-20,23,32-34,40,44H,4-5,9,11-12,18,21-22H2,1-3H3,(H,41,45)/t32?,33-,34+/m0/s1. The lowest BCUT2D eigenvalue weighted by molar-refractivity contribution is -0.107. The first-order chi connectivity index (χ1) is 22.6. The van der Waals surface area contributed by atoms with Gasteiger partial charge in [-0.15, -0.1) is 11.8 Å². The zero-order valence-electron chi connectivity index (χ0n) is 27.1. The maximum absolute atomic E-state index is 14.1. The van der Waals surface area contributed by atoms with E-state index in [1.54, 1.807) is 30.0 Å². The number of hydrogen-bond donors (Lipinski definition) is 3. The first-order valence-electron chi connectivity index (χ1n) is 16.1. The Morgan fingerprint density at radius 1 is 1.00 bits per heavy atom. The van der Waals surface area contributed by atoms with Crippen molar-refractivity contribution >= 4 is 34.8 Å². The van der Waals surface area contributed by atoms with Crippen LogP contribution < -0.4 is 10.6 Å². The summed E-state index contributed by atoms with van der Waals surface area (Å²) >= 11 is 1.54. The Bertz CT molecular complexity index is 1570. The van der Waals surface area contributed by atoms with E-state index in [0.717, 1.165) is 46.8 Å². The number of aliphatic hydroxyl groups is 1. The monoisotopic (exact) mass is 663 g/mol. The maximum atomic E-state index is 14.1. The normalized spacial score (nSPS) is 15.5. The summed E-state index contributed by atoms with van der Waals surface area (Å²) in [6.45, 7) is 7.53. The van der Waals surface area contributed by atoms with Crippen LogP contribution in [0.15, 0.2) is 66.7 Å². The molecule has 3 atom stereocenters. The molecule has 1 heterocycles. The van der Waals surface area contributed by atoms with E-state index in [2.05, 4.69) is 16.7 Å². The van der Waals surface area contributed by atoms with Crippen molar-refractivity contribution in [1.29, 1.82) is 0 Å². The zero-order valence-corrected chi connectivity index (χ0v) is 27.9. The largest absolute Gasteiger partial charge is 0.390 e. The fourth-order valence-corrected chi connectivity index (χ4v) is 6.72. The minimum absolute atomic E-state index is 0.0274. The van der Waals surface area contributed by atoms with E-state index in [4.69, 9.17) is 0 Å². The molecule has 3 aromatic rings. The first-order valence-corrected chi connectivity index (χ1v) is 16.9. The summed E-state index contributed by atoms with van der Waals surface area (Å²) in [5.74, 6) is -2.17. The van der Waals surface area contributed by atoms with Crippen LogP contribution in [0.25, 0.3) is 4.91 Å². The number of halogens is 2. The van der Waals surface area contributed by atoms with Crippen molar-refractivity contribution in [3.05, 3.63) is 112 Å². The Kier molecular flexibility index (Phi) is 13.3. The summed E-state index contributed by atoms with van der Waals surface area (Å²) in [5, 5.41) is 17.3. The highest BCUT2D eigenvalue weighted by molar-refractivity contribution is 8.09. The van der Waals surface area contributed by atoms with Gasteiger partial charge in [0.1, 0.15) is 17.9 Å². The molecular weight excluding hydrogens is 620 g/mol. The molecule has 7 nitrogen and oxygen atoms in total. The van der Waals surface area contributed by atoms with Crippen LogP contribution in [-0.4, -0.2) is 65.1 Å². The van der Waals surface area contributed by atoms with Crippen molar-refractivity contribution in [3.8, 4) is 0 Å². The van der Waals surface area contributed by atoms with E-state index >= 15 is 0 Å². The lowest BCUT2D eigenvalue weighted by Crippen LogP contribution is -2.48. The number of nitrogens with one attached hydrogen (secondary N) is 2. The lowest BCUT2D eigenvalue weighted by Gasteiger charge is -2.25. The van der Waals surface area contributed by atoms with Gasteiger partial charge in [-0.3, -0.25) is 9.59 Å². The molecule has 0 saturated carbocycles. The molecular formula is C37H43F2N3O4S. The van der Waals surface area contributed by atoms with Crippen molar-refractivity contribution < 1.29 is 28.3 Å². The average molecular weight is 664 g/mol. The molecule has 0 fully saturated rings. The number of amides is 2. The number of aryl methyl sites for hydroxylation is 1. The van der Waals surface area contributed by atoms with Crippen LogP contribution in [0.2, 0.25) is 0 Å². The molecule has 0 aliphatic carbocycles. The Labute approximate surface area is 279 Å². The van der Waals surface area contributed by atoms with Crippen LogP contribution in [0.5, 0.6) is 0 Å². The fourth-order valence-electron chi connectivity index (χ4n) is 5.69. The van der Waals surface area contributed by atoms with Crippen LogP contribution in [0.3, 0.4) is 0 Å². The third-order valence-electron chi connectivity index (χ3n) is 7.88. The predicted octanol–water partition coefficient (Wildman–Crippen LogP) is 6.07. The molecule has 1 unspecified atom stereocenters. The van der Waals surface area contributed by atoms with Crippen molar-refractivity contribution in [1.82, 2.24) is 15.5 Å². The first kappa shape index (κ1) is 36.0. The van der Waals surface area contributed by atoms with Crippen molar-refractivity contribution in [3.63, 3.8) is 0 Å². The SMILES string of the molecule is CCCN(CCC)C(=O)c1cc(C)cc(C(=O)N[C@@H](Cc2cc(F)cc(F)c2)[C@H](O)CNCc2cccc(C3=CCC(C=O)S3)c2)c1. The molecule has 4 rings (SSSR count). The molecule has 250 valence electrons. The van der Waals surface area contributed by atoms with E-state index in [1.807, 2.05) is 38.1 Å². The van der Waals surface area contributed by atoms with E-state index in [0.29, 0.717) is 31.6 Å². The number of nitrogens with zero attached hydrogens (tertiary/aromatic N) is 1. The molecule has 2 amide bonds. The Balaban J connectivity index is 1.49. The van der Waals surface area contributed by atoms with Crippen molar-refractivity contribution in [2.75, 3.05) is 19.6 Å². The van der Waals surface area contributed by atoms with Gasteiger partial charge in [-0.25, -0.2) is 8.78 Å². The Morgan fingerprint density at radius 2 is 1.70 bits per heavy atom. The van der Waals surface area contributed by atoms with Crippen LogP contribution in [0.1, 0.15) is 76.1 Å². The number of carbonyl (C=O) groups is 3. The number of thioether (sulfide) groups is 1. The predicted molar refractivity (Wildman–Crippen MR) is 183 cm³/mol. The summed E-state index contributed by atoms with van der Waals surface area (Å²) in [4.78, 5) is 40.9. The summed E-state index contributed by atoms with van der Waals surface area (Å²) in [6.07, 6.45) is 4.19. The number of benzene rings is 3. The van der Waals surface area contributed by atoms with Crippen LogP contribution >= 0.6 is 11.8 Å². The highest BCUT2D eigenvalue weighted by atomic mass is 32.2. The summed E-state index contributed by atoms with van der Waals surface area (Å²) < 4.78 is 28.1.